The fraction of sp³-hybridized carbons (Fsp3) is 0.519. The Morgan fingerprint density at radius 3 is 2.45 bits per heavy atom. The van der Waals surface area contributed by atoms with Gasteiger partial charge in [-0.1, -0.05) is 13.8 Å². The van der Waals surface area contributed by atoms with Gasteiger partial charge in [-0.05, 0) is 38.4 Å². The summed E-state index contributed by atoms with van der Waals surface area (Å²) in [7, 11) is 0. The maximum absolute atomic E-state index is 16.2. The van der Waals surface area contributed by atoms with Crippen LogP contribution in [-0.4, -0.2) is 66.2 Å². The van der Waals surface area contributed by atoms with E-state index >= 15 is 4.39 Å². The van der Waals surface area contributed by atoms with Crippen molar-refractivity contribution in [3.05, 3.63) is 28.8 Å². The lowest BCUT2D eigenvalue weighted by molar-refractivity contribution is -0.146. The van der Waals surface area contributed by atoms with Crippen molar-refractivity contribution in [3.63, 3.8) is 0 Å². The Labute approximate surface area is 238 Å². The average Bonchev–Trinajstić information content (AvgIpc) is 2.95. The number of rotatable bonds is 4. The van der Waals surface area contributed by atoms with Gasteiger partial charge in [-0.15, -0.1) is 0 Å². The summed E-state index contributed by atoms with van der Waals surface area (Å²) in [6.07, 6.45) is -5.09. The lowest BCUT2D eigenvalue weighted by Crippen LogP contribution is -2.50. The fourth-order valence-electron chi connectivity index (χ4n) is 4.50. The molecule has 0 amide bonds. The number of nitrogens with two attached hydrogens (primary N) is 1. The van der Waals surface area contributed by atoms with Crippen molar-refractivity contribution >= 4 is 22.4 Å². The van der Waals surface area contributed by atoms with Crippen LogP contribution in [0, 0.1) is 18.6 Å². The van der Waals surface area contributed by atoms with E-state index in [0.717, 1.165) is 6.92 Å². The fourth-order valence-corrected chi connectivity index (χ4v) is 4.50. The van der Waals surface area contributed by atoms with Crippen LogP contribution in [0.3, 0.4) is 0 Å². The molecule has 3 aromatic rings. The largest absolute Gasteiger partial charge is 0.474 e. The molecule has 0 radical (unpaired) electrons. The first-order valence-corrected chi connectivity index (χ1v) is 13.5. The van der Waals surface area contributed by atoms with Gasteiger partial charge in [0, 0.05) is 18.7 Å². The zero-order valence-corrected chi connectivity index (χ0v) is 23.5. The van der Waals surface area contributed by atoms with Gasteiger partial charge in [0.2, 0.25) is 5.88 Å². The normalized spacial score (nSPS) is 18.5. The number of nitrogens with one attached hydrogen (secondary N) is 2. The Morgan fingerprint density at radius 1 is 1.10 bits per heavy atom. The highest BCUT2D eigenvalue weighted by molar-refractivity contribution is 5.96. The first kappa shape index (κ1) is 31.3. The second kappa shape index (κ2) is 12.3. The van der Waals surface area contributed by atoms with Crippen molar-refractivity contribution < 1.29 is 40.6 Å². The molecule has 0 saturated carbocycles. The Hall–Kier alpha value is -3.59. The highest BCUT2D eigenvalue weighted by Gasteiger charge is 2.41. The Balaban J connectivity index is 0.00000198. The molecule has 2 aromatic heterocycles. The highest BCUT2D eigenvalue weighted by atomic mass is 19.4. The molecular weight excluding hydrogens is 570 g/mol. The predicted octanol–water partition coefficient (Wildman–Crippen LogP) is 5.20. The van der Waals surface area contributed by atoms with Crippen molar-refractivity contribution in [2.75, 3.05) is 50.5 Å². The van der Waals surface area contributed by atoms with Gasteiger partial charge < -0.3 is 30.6 Å². The molecule has 9 nitrogen and oxygen atoms in total. The number of hydrogen-bond acceptors (Lipinski definition) is 9. The van der Waals surface area contributed by atoms with E-state index in [1.165, 1.54) is 0 Å². The molecule has 42 heavy (non-hydrogen) atoms. The number of pyridine rings is 1. The number of alkyl halides is 4. The van der Waals surface area contributed by atoms with Crippen LogP contribution in [0.1, 0.15) is 38.3 Å². The molecule has 2 aliphatic rings. The summed E-state index contributed by atoms with van der Waals surface area (Å²) < 4.78 is 104. The molecule has 0 aliphatic carbocycles. The lowest BCUT2D eigenvalue weighted by Gasteiger charge is -2.32. The van der Waals surface area contributed by atoms with Gasteiger partial charge in [0.15, 0.2) is 11.5 Å². The number of nitrogens with zero attached hydrogens (tertiary/aromatic N) is 3. The third-order valence-electron chi connectivity index (χ3n) is 6.61. The van der Waals surface area contributed by atoms with Crippen molar-refractivity contribution in [1.82, 2.24) is 20.3 Å². The summed E-state index contributed by atoms with van der Waals surface area (Å²) in [4.78, 5) is 12.5. The summed E-state index contributed by atoms with van der Waals surface area (Å²) in [6.45, 7) is 7.05. The summed E-state index contributed by atoms with van der Waals surface area (Å²) in [5.74, 6) is -2.79. The number of hydrogen-bond donors (Lipinski definition) is 3. The van der Waals surface area contributed by atoms with Crippen molar-refractivity contribution in [3.8, 4) is 23.1 Å². The topological polar surface area (TPSA) is 116 Å². The van der Waals surface area contributed by atoms with E-state index in [1.807, 2.05) is 13.8 Å². The molecule has 0 bridgehead atoms. The van der Waals surface area contributed by atoms with Gasteiger partial charge in [-0.25, -0.2) is 18.2 Å². The first-order chi connectivity index (χ1) is 19.9. The highest BCUT2D eigenvalue weighted by Crippen LogP contribution is 2.44. The quantitative estimate of drug-likeness (QED) is 0.274. The number of benzene rings is 1. The molecule has 2 aliphatic heterocycles. The zero-order valence-electron chi connectivity index (χ0n) is 23.5. The average molecular weight is 603 g/mol. The minimum atomic E-state index is -5.08. The predicted molar refractivity (Wildman–Crippen MR) is 144 cm³/mol. The van der Waals surface area contributed by atoms with E-state index in [4.69, 9.17) is 19.9 Å². The van der Waals surface area contributed by atoms with E-state index < -0.39 is 75.8 Å². The number of aromatic nitrogens is 3. The first-order valence-electron chi connectivity index (χ1n) is 13.5. The van der Waals surface area contributed by atoms with E-state index in [2.05, 4.69) is 25.6 Å². The smallest absolute Gasteiger partial charge is 0.417 e. The molecule has 1 aromatic carbocycles. The SMILES string of the molecule is CC.Cc1c(F)c(N)cc(-c2nc3c4c(nc(OCC5(F)COC5)nc4c2F)NCCNCCC(C)O3)c1C(F)(F)F. The second-order valence-corrected chi connectivity index (χ2v) is 9.81. The molecule has 1 fully saturated rings. The number of anilines is 2. The van der Waals surface area contributed by atoms with E-state index in [9.17, 15) is 22.0 Å². The van der Waals surface area contributed by atoms with Gasteiger partial charge in [-0.2, -0.15) is 23.1 Å². The number of halogens is 6. The molecule has 15 heteroatoms. The van der Waals surface area contributed by atoms with Gasteiger partial charge in [0.1, 0.15) is 34.8 Å². The molecular formula is C27H32F6N6O3. The maximum atomic E-state index is 16.2. The third kappa shape index (κ3) is 6.26. The van der Waals surface area contributed by atoms with Crippen LogP contribution in [0.5, 0.6) is 11.9 Å². The monoisotopic (exact) mass is 602 g/mol. The molecule has 4 N–H and O–H groups in total. The zero-order chi connectivity index (χ0) is 30.8. The van der Waals surface area contributed by atoms with Gasteiger partial charge in [0.05, 0.1) is 30.6 Å². The lowest BCUT2D eigenvalue weighted by atomic mass is 9.96. The molecule has 0 spiro atoms. The van der Waals surface area contributed by atoms with E-state index in [1.54, 1.807) is 6.92 Å². The number of nitrogen functional groups attached to an aromatic ring is 1. The van der Waals surface area contributed by atoms with Crippen LogP contribution in [-0.2, 0) is 10.9 Å². The molecule has 1 unspecified atom stereocenters. The summed E-state index contributed by atoms with van der Waals surface area (Å²) >= 11 is 0. The molecule has 1 saturated heterocycles. The Morgan fingerprint density at radius 2 is 1.81 bits per heavy atom. The van der Waals surface area contributed by atoms with Crippen LogP contribution < -0.4 is 25.8 Å². The molecule has 1 atom stereocenters. The minimum absolute atomic E-state index is 0.0208. The van der Waals surface area contributed by atoms with E-state index in [-0.39, 0.29) is 30.3 Å². The molecule has 230 valence electrons. The van der Waals surface area contributed by atoms with Crippen LogP contribution in [0.15, 0.2) is 6.07 Å². The van der Waals surface area contributed by atoms with E-state index in [0.29, 0.717) is 32.1 Å². The van der Waals surface area contributed by atoms with Crippen LogP contribution in [0.25, 0.3) is 22.2 Å². The Bertz CT molecular complexity index is 1450. The van der Waals surface area contributed by atoms with Crippen LogP contribution >= 0.6 is 0 Å². The van der Waals surface area contributed by atoms with Gasteiger partial charge in [0.25, 0.3) is 0 Å². The van der Waals surface area contributed by atoms with Crippen molar-refractivity contribution in [1.29, 1.82) is 0 Å². The maximum Gasteiger partial charge on any atom is 0.417 e. The number of ether oxygens (including phenoxy) is 3. The van der Waals surface area contributed by atoms with Crippen molar-refractivity contribution in [2.45, 2.75) is 52.1 Å². The molecule has 4 heterocycles. The second-order valence-electron chi connectivity index (χ2n) is 9.81. The standard InChI is InChI=1S/C25H26F6N6O3.C2H6/c1-11-3-4-33-5-6-34-21-15-20(36-23(37-21)39-10-24(28)8-38-9-24)18(27)19(35-22(15)40-11)13-7-14(32)17(26)12(2)16(13)25(29,30)31;1-2/h7,11,33H,3-6,8-10,32H2,1-2H3,(H,34,36,37);1-2H3. The van der Waals surface area contributed by atoms with Crippen molar-refractivity contribution in [2.24, 2.45) is 0 Å². The van der Waals surface area contributed by atoms with Crippen LogP contribution in [0.4, 0.5) is 37.8 Å². The Kier molecular flexibility index (Phi) is 9.21. The van der Waals surface area contributed by atoms with Gasteiger partial charge >= 0.3 is 12.2 Å². The minimum Gasteiger partial charge on any atom is -0.474 e. The summed E-state index contributed by atoms with van der Waals surface area (Å²) in [6, 6.07) is 0.247. The molecule has 5 rings (SSSR count). The summed E-state index contributed by atoms with van der Waals surface area (Å²) in [5, 5.41) is 6.14. The summed E-state index contributed by atoms with van der Waals surface area (Å²) in [5.41, 5.74) is -1.11. The van der Waals surface area contributed by atoms with Gasteiger partial charge in [-0.3, -0.25) is 0 Å². The van der Waals surface area contributed by atoms with Crippen LogP contribution in [0.2, 0.25) is 0 Å². The third-order valence-corrected chi connectivity index (χ3v) is 6.61.